The van der Waals surface area contributed by atoms with Crippen LogP contribution in [0.1, 0.15) is 20.8 Å². The molecule has 3 rings (SSSR count). The van der Waals surface area contributed by atoms with E-state index >= 15 is 0 Å². The third-order valence-electron chi connectivity index (χ3n) is 4.55. The van der Waals surface area contributed by atoms with E-state index in [1.165, 1.54) is 22.5 Å². The van der Waals surface area contributed by atoms with Crippen LogP contribution in [0, 0.1) is 13.8 Å². The number of nitrogens with one attached hydrogen (secondary N) is 1. The second-order valence-corrected chi connectivity index (χ2v) is 7.34. The number of amides is 2. The van der Waals surface area contributed by atoms with Gasteiger partial charge in [0.2, 0.25) is 5.91 Å². The minimum absolute atomic E-state index is 0.0127. The number of nitrogens with zero attached hydrogens (tertiary/aromatic N) is 2. The van der Waals surface area contributed by atoms with Crippen molar-refractivity contribution in [3.63, 3.8) is 0 Å². The fourth-order valence-electron chi connectivity index (χ4n) is 2.89. The van der Waals surface area contributed by atoms with E-state index in [1.807, 2.05) is 47.5 Å². The quantitative estimate of drug-likeness (QED) is 0.915. The minimum atomic E-state index is -0.0127. The summed E-state index contributed by atoms with van der Waals surface area (Å²) in [5, 5.41) is 4.87. The Bertz CT molecular complexity index is 750. The van der Waals surface area contributed by atoms with E-state index in [9.17, 15) is 9.59 Å². The van der Waals surface area contributed by atoms with Gasteiger partial charge in [-0.1, -0.05) is 12.1 Å². The maximum Gasteiger partial charge on any atom is 0.264 e. The van der Waals surface area contributed by atoms with Gasteiger partial charge in [0.15, 0.2) is 0 Å². The van der Waals surface area contributed by atoms with Crippen LogP contribution in [-0.2, 0) is 4.79 Å². The lowest BCUT2D eigenvalue weighted by molar-refractivity contribution is -0.117. The highest BCUT2D eigenvalue weighted by Crippen LogP contribution is 2.15. The number of benzene rings is 1. The van der Waals surface area contributed by atoms with Crippen molar-refractivity contribution in [1.29, 1.82) is 0 Å². The van der Waals surface area contributed by atoms with Gasteiger partial charge in [0, 0.05) is 31.9 Å². The van der Waals surface area contributed by atoms with Crippen LogP contribution >= 0.6 is 11.3 Å². The van der Waals surface area contributed by atoms with E-state index in [1.54, 1.807) is 0 Å². The van der Waals surface area contributed by atoms with Crippen molar-refractivity contribution < 1.29 is 9.59 Å². The van der Waals surface area contributed by atoms with Crippen molar-refractivity contribution in [2.45, 2.75) is 13.8 Å². The van der Waals surface area contributed by atoms with E-state index in [4.69, 9.17) is 0 Å². The fourth-order valence-corrected chi connectivity index (χ4v) is 3.58. The number of aryl methyl sites for hydroxylation is 2. The molecule has 25 heavy (non-hydrogen) atoms. The van der Waals surface area contributed by atoms with Gasteiger partial charge in [0.1, 0.15) is 0 Å². The second kappa shape index (κ2) is 7.80. The second-order valence-electron chi connectivity index (χ2n) is 6.39. The Labute approximate surface area is 152 Å². The molecule has 0 spiro atoms. The zero-order chi connectivity index (χ0) is 17.8. The largest absolute Gasteiger partial charge is 0.335 e. The van der Waals surface area contributed by atoms with Crippen LogP contribution in [0.3, 0.4) is 0 Å². The molecule has 132 valence electrons. The van der Waals surface area contributed by atoms with Gasteiger partial charge in [-0.15, -0.1) is 11.3 Å². The number of carbonyl (C=O) groups is 2. The number of anilines is 1. The Hall–Kier alpha value is -2.18. The van der Waals surface area contributed by atoms with Gasteiger partial charge in [-0.05, 0) is 48.6 Å². The van der Waals surface area contributed by atoms with Gasteiger partial charge < -0.3 is 10.2 Å². The first-order valence-electron chi connectivity index (χ1n) is 8.45. The third-order valence-corrected chi connectivity index (χ3v) is 5.41. The van der Waals surface area contributed by atoms with Gasteiger partial charge in [-0.2, -0.15) is 0 Å². The summed E-state index contributed by atoms with van der Waals surface area (Å²) in [4.78, 5) is 29.3. The normalized spacial score (nSPS) is 15.2. The molecule has 0 atom stereocenters. The monoisotopic (exact) mass is 357 g/mol. The lowest BCUT2D eigenvalue weighted by atomic mass is 10.1. The topological polar surface area (TPSA) is 52.7 Å². The van der Waals surface area contributed by atoms with Crippen LogP contribution in [0.15, 0.2) is 35.7 Å². The Balaban J connectivity index is 1.47. The van der Waals surface area contributed by atoms with Gasteiger partial charge in [0.05, 0.1) is 11.4 Å². The van der Waals surface area contributed by atoms with E-state index in [0.29, 0.717) is 19.6 Å². The zero-order valence-corrected chi connectivity index (χ0v) is 15.4. The van der Waals surface area contributed by atoms with Gasteiger partial charge in [-0.25, -0.2) is 0 Å². The average molecular weight is 357 g/mol. The summed E-state index contributed by atoms with van der Waals surface area (Å²) < 4.78 is 0. The number of hydrogen-bond acceptors (Lipinski definition) is 4. The summed E-state index contributed by atoms with van der Waals surface area (Å²) in [6.45, 7) is 7.21. The predicted molar refractivity (Wildman–Crippen MR) is 101 cm³/mol. The molecule has 2 aromatic rings. The van der Waals surface area contributed by atoms with Crippen molar-refractivity contribution in [3.8, 4) is 0 Å². The average Bonchev–Trinajstić information content (AvgIpc) is 3.13. The third kappa shape index (κ3) is 4.46. The highest BCUT2D eigenvalue weighted by atomic mass is 32.1. The molecule has 1 N–H and O–H groups in total. The van der Waals surface area contributed by atoms with E-state index < -0.39 is 0 Å². The number of carbonyl (C=O) groups excluding carboxylic acids is 2. The maximum absolute atomic E-state index is 12.3. The number of thiophene rings is 1. The minimum Gasteiger partial charge on any atom is -0.335 e. The molecule has 5 nitrogen and oxygen atoms in total. The summed E-state index contributed by atoms with van der Waals surface area (Å²) in [6, 6.07) is 9.68. The highest BCUT2D eigenvalue weighted by molar-refractivity contribution is 7.12. The molecule has 1 fully saturated rings. The van der Waals surface area contributed by atoms with Crippen LogP contribution < -0.4 is 5.32 Å². The Morgan fingerprint density at radius 3 is 2.48 bits per heavy atom. The Kier molecular flexibility index (Phi) is 5.50. The highest BCUT2D eigenvalue weighted by Gasteiger charge is 2.23. The van der Waals surface area contributed by atoms with Crippen molar-refractivity contribution in [3.05, 3.63) is 51.7 Å². The summed E-state index contributed by atoms with van der Waals surface area (Å²) in [5.74, 6) is 0.0792. The Morgan fingerprint density at radius 2 is 1.84 bits per heavy atom. The lowest BCUT2D eigenvalue weighted by Crippen LogP contribution is -2.50. The molecular formula is C19H23N3O2S. The molecule has 1 aliphatic heterocycles. The summed E-state index contributed by atoms with van der Waals surface area (Å²) in [5.41, 5.74) is 3.21. The molecule has 6 heteroatoms. The number of hydrogen-bond donors (Lipinski definition) is 1. The summed E-state index contributed by atoms with van der Waals surface area (Å²) in [6.07, 6.45) is 0. The van der Waals surface area contributed by atoms with Crippen molar-refractivity contribution in [1.82, 2.24) is 9.80 Å². The van der Waals surface area contributed by atoms with Crippen LogP contribution in [0.4, 0.5) is 5.69 Å². The Morgan fingerprint density at radius 1 is 1.08 bits per heavy atom. The van der Waals surface area contributed by atoms with Gasteiger partial charge in [0.25, 0.3) is 5.91 Å². The maximum atomic E-state index is 12.3. The molecule has 2 heterocycles. The molecule has 1 aliphatic rings. The van der Waals surface area contributed by atoms with Crippen LogP contribution in [0.25, 0.3) is 0 Å². The smallest absolute Gasteiger partial charge is 0.264 e. The first-order chi connectivity index (χ1) is 12.0. The first-order valence-corrected chi connectivity index (χ1v) is 9.33. The van der Waals surface area contributed by atoms with E-state index in [-0.39, 0.29) is 11.8 Å². The van der Waals surface area contributed by atoms with E-state index in [0.717, 1.165) is 23.7 Å². The molecule has 0 radical (unpaired) electrons. The zero-order valence-electron chi connectivity index (χ0n) is 14.6. The molecule has 2 amide bonds. The lowest BCUT2D eigenvalue weighted by Gasteiger charge is -2.34. The van der Waals surface area contributed by atoms with Crippen LogP contribution in [0.5, 0.6) is 0 Å². The summed E-state index contributed by atoms with van der Waals surface area (Å²) in [7, 11) is 0. The van der Waals surface area contributed by atoms with Crippen molar-refractivity contribution >= 4 is 28.8 Å². The number of rotatable bonds is 4. The molecule has 1 aromatic carbocycles. The van der Waals surface area contributed by atoms with Crippen LogP contribution in [0.2, 0.25) is 0 Å². The molecule has 0 unspecified atom stereocenters. The molecule has 0 saturated carbocycles. The molecule has 0 bridgehead atoms. The summed E-state index contributed by atoms with van der Waals surface area (Å²) >= 11 is 1.47. The fraction of sp³-hybridized carbons (Fsp3) is 0.368. The van der Waals surface area contributed by atoms with E-state index in [2.05, 4.69) is 17.1 Å². The molecule has 1 saturated heterocycles. The predicted octanol–water partition coefficient (Wildman–Crippen LogP) is 2.76. The number of piperazine rings is 1. The van der Waals surface area contributed by atoms with Crippen LogP contribution in [-0.4, -0.2) is 54.3 Å². The van der Waals surface area contributed by atoms with Gasteiger partial charge in [-0.3, -0.25) is 14.5 Å². The van der Waals surface area contributed by atoms with Gasteiger partial charge >= 0.3 is 0 Å². The van der Waals surface area contributed by atoms with Crippen molar-refractivity contribution in [2.24, 2.45) is 0 Å². The SMILES string of the molecule is Cc1ccc(NC(=O)CN2CCN(C(=O)c3cccs3)CC2)cc1C. The first kappa shape index (κ1) is 17.6. The van der Waals surface area contributed by atoms with Crippen molar-refractivity contribution in [2.75, 3.05) is 38.0 Å². The molecule has 0 aliphatic carbocycles. The molecular weight excluding hydrogens is 334 g/mol. The standard InChI is InChI=1S/C19H23N3O2S/c1-14-5-6-16(12-15(14)2)20-18(23)13-21-7-9-22(10-8-21)19(24)17-4-3-11-25-17/h3-6,11-12H,7-10,13H2,1-2H3,(H,20,23). The molecule has 1 aromatic heterocycles.